The summed E-state index contributed by atoms with van der Waals surface area (Å²) in [5.74, 6) is 0. The maximum atomic E-state index is 12.7. The second kappa shape index (κ2) is 7.79. The van der Waals surface area contributed by atoms with Crippen molar-refractivity contribution in [2.24, 2.45) is 0 Å². The van der Waals surface area contributed by atoms with E-state index in [1.165, 1.54) is 22.5 Å². The van der Waals surface area contributed by atoms with Crippen LogP contribution < -0.4 is 0 Å². The maximum Gasteiger partial charge on any atom is 0.243 e. The van der Waals surface area contributed by atoms with E-state index in [4.69, 9.17) is 16.9 Å². The van der Waals surface area contributed by atoms with Crippen LogP contribution in [0.25, 0.3) is 0 Å². The topological polar surface area (TPSA) is 61.2 Å². The maximum absolute atomic E-state index is 12.7. The molecule has 1 aromatic carbocycles. The van der Waals surface area contributed by atoms with Gasteiger partial charge in [0.1, 0.15) is 6.07 Å². The Labute approximate surface area is 132 Å². The number of benzene rings is 1. The first kappa shape index (κ1) is 18.0. The summed E-state index contributed by atoms with van der Waals surface area (Å²) in [6.45, 7) is 6.28. The quantitative estimate of drug-likeness (QED) is 0.715. The molecule has 0 amide bonds. The minimum absolute atomic E-state index is 0.124. The molecule has 0 spiro atoms. The molecule has 0 aliphatic heterocycles. The lowest BCUT2D eigenvalue weighted by Crippen LogP contribution is -2.37. The summed E-state index contributed by atoms with van der Waals surface area (Å²) in [5.41, 5.74) is 0.276. The molecule has 0 radical (unpaired) electrons. The highest BCUT2D eigenvalue weighted by molar-refractivity contribution is 7.89. The van der Waals surface area contributed by atoms with Crippen LogP contribution >= 0.6 is 11.6 Å². The summed E-state index contributed by atoms with van der Waals surface area (Å²) >= 11 is 5.94. The molecule has 0 saturated carbocycles. The van der Waals surface area contributed by atoms with E-state index in [0.29, 0.717) is 6.54 Å². The lowest BCUT2D eigenvalue weighted by molar-refractivity contribution is 0.345. The summed E-state index contributed by atoms with van der Waals surface area (Å²) in [6, 6.07) is 6.04. The van der Waals surface area contributed by atoms with Crippen LogP contribution in [-0.2, 0) is 10.0 Å². The number of nitriles is 1. The number of hydrogen-bond acceptors (Lipinski definition) is 3. The van der Waals surface area contributed by atoms with Crippen molar-refractivity contribution in [2.75, 3.05) is 6.54 Å². The van der Waals surface area contributed by atoms with Gasteiger partial charge in [-0.2, -0.15) is 9.57 Å². The summed E-state index contributed by atoms with van der Waals surface area (Å²) in [6.07, 6.45) is 2.86. The number of halogens is 1. The second-order valence-electron chi connectivity index (χ2n) is 5.17. The first-order valence-corrected chi connectivity index (χ1v) is 8.87. The van der Waals surface area contributed by atoms with E-state index in [1.54, 1.807) is 0 Å². The van der Waals surface area contributed by atoms with Gasteiger partial charge in [-0.25, -0.2) is 8.42 Å². The highest BCUT2D eigenvalue weighted by Crippen LogP contribution is 2.24. The van der Waals surface area contributed by atoms with Gasteiger partial charge in [0.15, 0.2) is 0 Å². The molecule has 4 nitrogen and oxygen atoms in total. The zero-order chi connectivity index (χ0) is 16.0. The smallest absolute Gasteiger partial charge is 0.207 e. The highest BCUT2D eigenvalue weighted by atomic mass is 35.5. The predicted molar refractivity (Wildman–Crippen MR) is 84.7 cm³/mol. The van der Waals surface area contributed by atoms with Crippen molar-refractivity contribution in [3.8, 4) is 6.07 Å². The third-order valence-electron chi connectivity index (χ3n) is 3.23. The van der Waals surface area contributed by atoms with Crippen molar-refractivity contribution in [3.63, 3.8) is 0 Å². The fraction of sp³-hybridized carbons (Fsp3) is 0.533. The SMILES string of the molecule is CCCCCN(C(C)C)S(=O)(=O)c1ccc(C#N)c(Cl)c1. The van der Waals surface area contributed by atoms with Crippen LogP contribution in [-0.4, -0.2) is 25.3 Å². The molecule has 1 aromatic rings. The Balaban J connectivity index is 3.11. The molecule has 0 bridgehead atoms. The fourth-order valence-electron chi connectivity index (χ4n) is 2.06. The number of hydrogen-bond donors (Lipinski definition) is 0. The normalized spacial score (nSPS) is 11.9. The molecule has 0 unspecified atom stereocenters. The minimum Gasteiger partial charge on any atom is -0.207 e. The molecular formula is C15H21ClN2O2S. The van der Waals surface area contributed by atoms with Gasteiger partial charge in [-0.05, 0) is 38.5 Å². The van der Waals surface area contributed by atoms with Crippen molar-refractivity contribution >= 4 is 21.6 Å². The average Bonchev–Trinajstić information content (AvgIpc) is 2.42. The van der Waals surface area contributed by atoms with Crippen LogP contribution in [0.3, 0.4) is 0 Å². The molecular weight excluding hydrogens is 308 g/mol. The Morgan fingerprint density at radius 1 is 1.33 bits per heavy atom. The van der Waals surface area contributed by atoms with Crippen LogP contribution in [0.5, 0.6) is 0 Å². The lowest BCUT2D eigenvalue weighted by Gasteiger charge is -2.26. The van der Waals surface area contributed by atoms with Crippen LogP contribution in [0.1, 0.15) is 45.6 Å². The standard InChI is InChI=1S/C15H21ClN2O2S/c1-4-5-6-9-18(12(2)3)21(19,20)14-8-7-13(11-17)15(16)10-14/h7-8,10,12H,4-6,9H2,1-3H3. The zero-order valence-electron chi connectivity index (χ0n) is 12.6. The van der Waals surface area contributed by atoms with Gasteiger partial charge in [0.2, 0.25) is 10.0 Å². The first-order chi connectivity index (χ1) is 9.84. The summed E-state index contributed by atoms with van der Waals surface area (Å²) in [7, 11) is -3.59. The molecule has 0 fully saturated rings. The van der Waals surface area contributed by atoms with E-state index in [2.05, 4.69) is 6.92 Å². The molecule has 0 N–H and O–H groups in total. The first-order valence-electron chi connectivity index (χ1n) is 7.06. The number of rotatable bonds is 7. The molecule has 0 atom stereocenters. The summed E-state index contributed by atoms with van der Waals surface area (Å²) < 4.78 is 26.9. The third kappa shape index (κ3) is 4.44. The van der Waals surface area contributed by atoms with Crippen LogP contribution in [0.15, 0.2) is 23.1 Å². The third-order valence-corrected chi connectivity index (χ3v) is 5.61. The zero-order valence-corrected chi connectivity index (χ0v) is 14.2. The molecule has 0 aliphatic carbocycles. The fourth-order valence-corrected chi connectivity index (χ4v) is 4.05. The average molecular weight is 329 g/mol. The van der Waals surface area contributed by atoms with E-state index in [-0.39, 0.29) is 21.5 Å². The Morgan fingerprint density at radius 2 is 2.00 bits per heavy atom. The van der Waals surface area contributed by atoms with E-state index < -0.39 is 10.0 Å². The molecule has 0 saturated heterocycles. The molecule has 0 aliphatic rings. The second-order valence-corrected chi connectivity index (χ2v) is 7.47. The van der Waals surface area contributed by atoms with E-state index in [1.807, 2.05) is 19.9 Å². The largest absolute Gasteiger partial charge is 0.243 e. The highest BCUT2D eigenvalue weighted by Gasteiger charge is 2.27. The van der Waals surface area contributed by atoms with Gasteiger partial charge in [-0.1, -0.05) is 31.4 Å². The van der Waals surface area contributed by atoms with Gasteiger partial charge >= 0.3 is 0 Å². The molecule has 116 valence electrons. The number of nitrogens with zero attached hydrogens (tertiary/aromatic N) is 2. The van der Waals surface area contributed by atoms with Gasteiger partial charge in [-0.3, -0.25) is 0 Å². The van der Waals surface area contributed by atoms with Crippen molar-refractivity contribution in [1.29, 1.82) is 5.26 Å². The van der Waals surface area contributed by atoms with Gasteiger partial charge in [0, 0.05) is 12.6 Å². The molecule has 1 rings (SSSR count). The van der Waals surface area contributed by atoms with Crippen molar-refractivity contribution in [2.45, 2.75) is 51.0 Å². The van der Waals surface area contributed by atoms with Gasteiger partial charge in [-0.15, -0.1) is 0 Å². The van der Waals surface area contributed by atoms with Crippen molar-refractivity contribution in [3.05, 3.63) is 28.8 Å². The molecule has 6 heteroatoms. The Hall–Kier alpha value is -1.09. The number of unbranched alkanes of at least 4 members (excludes halogenated alkanes) is 2. The predicted octanol–water partition coefficient (Wildman–Crippen LogP) is 3.80. The van der Waals surface area contributed by atoms with Crippen molar-refractivity contribution < 1.29 is 8.42 Å². The van der Waals surface area contributed by atoms with Crippen LogP contribution in [0.2, 0.25) is 5.02 Å². The van der Waals surface area contributed by atoms with E-state index in [0.717, 1.165) is 19.3 Å². The van der Waals surface area contributed by atoms with Gasteiger partial charge < -0.3 is 0 Å². The van der Waals surface area contributed by atoms with Crippen LogP contribution in [0, 0.1) is 11.3 Å². The monoisotopic (exact) mass is 328 g/mol. The summed E-state index contributed by atoms with van der Waals surface area (Å²) in [4.78, 5) is 0.136. The lowest BCUT2D eigenvalue weighted by atomic mass is 10.2. The Kier molecular flexibility index (Phi) is 6.66. The molecule has 21 heavy (non-hydrogen) atoms. The summed E-state index contributed by atoms with van der Waals surface area (Å²) in [5, 5.41) is 9.02. The van der Waals surface area contributed by atoms with Crippen LogP contribution in [0.4, 0.5) is 0 Å². The van der Waals surface area contributed by atoms with E-state index in [9.17, 15) is 8.42 Å². The van der Waals surface area contributed by atoms with Crippen molar-refractivity contribution in [1.82, 2.24) is 4.31 Å². The Bertz CT molecular complexity index is 621. The number of sulfonamides is 1. The van der Waals surface area contributed by atoms with Gasteiger partial charge in [0.25, 0.3) is 0 Å². The van der Waals surface area contributed by atoms with E-state index >= 15 is 0 Å². The minimum atomic E-state index is -3.59. The molecule has 0 heterocycles. The Morgan fingerprint density at radius 3 is 2.48 bits per heavy atom. The molecule has 0 aromatic heterocycles. The van der Waals surface area contributed by atoms with Gasteiger partial charge in [0.05, 0.1) is 15.5 Å².